The molecule has 0 aliphatic heterocycles. The van der Waals surface area contributed by atoms with Crippen molar-refractivity contribution in [2.45, 2.75) is 6.92 Å². The first-order chi connectivity index (χ1) is 13.6. The van der Waals surface area contributed by atoms with E-state index < -0.39 is 0 Å². The molecule has 0 unspecified atom stereocenters. The van der Waals surface area contributed by atoms with E-state index in [9.17, 15) is 4.79 Å². The molecule has 28 heavy (non-hydrogen) atoms. The molecule has 1 amide bonds. The topological polar surface area (TPSA) is 79.4 Å². The second-order valence-corrected chi connectivity index (χ2v) is 6.19. The van der Waals surface area contributed by atoms with Crippen LogP contribution < -0.4 is 10.2 Å². The van der Waals surface area contributed by atoms with Crippen molar-refractivity contribution in [3.63, 3.8) is 0 Å². The van der Waals surface area contributed by atoms with E-state index in [1.807, 2.05) is 68.6 Å². The Labute approximate surface area is 163 Å². The number of hydrazone groups is 1. The van der Waals surface area contributed by atoms with Gasteiger partial charge < -0.3 is 9.30 Å². The molecule has 140 valence electrons. The molecule has 1 N–H and O–H groups in total. The van der Waals surface area contributed by atoms with Crippen molar-refractivity contribution >= 4 is 12.1 Å². The average Bonchev–Trinajstić information content (AvgIpc) is 3.01. The smallest absolute Gasteiger partial charge is 0.277 e. The van der Waals surface area contributed by atoms with Crippen LogP contribution in [0.15, 0.2) is 65.8 Å². The van der Waals surface area contributed by atoms with E-state index in [1.54, 1.807) is 10.6 Å². The minimum atomic E-state index is -0.367. The van der Waals surface area contributed by atoms with Crippen LogP contribution in [-0.4, -0.2) is 23.3 Å². The summed E-state index contributed by atoms with van der Waals surface area (Å²) in [5.74, 6) is 0.263. The highest BCUT2D eigenvalue weighted by atomic mass is 16.5. The summed E-state index contributed by atoms with van der Waals surface area (Å²) in [7, 11) is 1.81. The van der Waals surface area contributed by atoms with Gasteiger partial charge in [-0.15, -0.1) is 0 Å². The number of benzene rings is 2. The summed E-state index contributed by atoms with van der Waals surface area (Å²) in [4.78, 5) is 12.1. The van der Waals surface area contributed by atoms with Crippen LogP contribution in [0.3, 0.4) is 0 Å². The molecule has 3 rings (SSSR count). The summed E-state index contributed by atoms with van der Waals surface area (Å²) in [6.07, 6.45) is 1.52. The molecule has 0 spiro atoms. The van der Waals surface area contributed by atoms with Gasteiger partial charge in [0.1, 0.15) is 17.5 Å². The van der Waals surface area contributed by atoms with Gasteiger partial charge in [0.25, 0.3) is 5.91 Å². The SMILES string of the molecule is Cc1c(/C=N\NC(=O)COc2ccccc2-c2ccccc2)cc(C#N)n1C. The lowest BCUT2D eigenvalue weighted by atomic mass is 10.1. The van der Waals surface area contributed by atoms with Gasteiger partial charge in [0, 0.05) is 23.9 Å². The predicted molar refractivity (Wildman–Crippen MR) is 108 cm³/mol. The number of rotatable bonds is 6. The van der Waals surface area contributed by atoms with Crippen LogP contribution >= 0.6 is 0 Å². The van der Waals surface area contributed by atoms with Crippen LogP contribution in [0.5, 0.6) is 5.75 Å². The standard InChI is InChI=1S/C22H20N4O2/c1-16-18(12-19(13-23)26(16)2)14-24-25-22(27)15-28-21-11-7-6-10-20(21)17-8-4-3-5-9-17/h3-12,14H,15H2,1-2H3,(H,25,27)/b24-14-. The normalized spacial score (nSPS) is 10.6. The molecule has 2 aromatic carbocycles. The van der Waals surface area contributed by atoms with Crippen LogP contribution in [0.4, 0.5) is 0 Å². The molecule has 0 saturated heterocycles. The van der Waals surface area contributed by atoms with E-state index in [-0.39, 0.29) is 12.5 Å². The zero-order valence-electron chi connectivity index (χ0n) is 15.7. The quantitative estimate of drug-likeness (QED) is 0.532. The number of carbonyl (C=O) groups excluding carboxylic acids is 1. The Hall–Kier alpha value is -3.85. The van der Waals surface area contributed by atoms with E-state index >= 15 is 0 Å². The van der Waals surface area contributed by atoms with Gasteiger partial charge in [-0.3, -0.25) is 4.79 Å². The highest BCUT2D eigenvalue weighted by molar-refractivity contribution is 5.84. The lowest BCUT2D eigenvalue weighted by Gasteiger charge is -2.10. The van der Waals surface area contributed by atoms with Crippen molar-refractivity contribution in [1.29, 1.82) is 5.26 Å². The molecule has 6 nitrogen and oxygen atoms in total. The summed E-state index contributed by atoms with van der Waals surface area (Å²) < 4.78 is 7.46. The molecule has 1 heterocycles. The summed E-state index contributed by atoms with van der Waals surface area (Å²) in [5.41, 5.74) is 6.58. The number of ether oxygens (including phenoxy) is 1. The highest BCUT2D eigenvalue weighted by Crippen LogP contribution is 2.29. The number of hydrogen-bond acceptors (Lipinski definition) is 4. The van der Waals surface area contributed by atoms with E-state index in [4.69, 9.17) is 10.00 Å². The monoisotopic (exact) mass is 372 g/mol. The molecule has 0 saturated carbocycles. The Bertz CT molecular complexity index is 1050. The lowest BCUT2D eigenvalue weighted by molar-refractivity contribution is -0.123. The Morgan fingerprint density at radius 1 is 1.21 bits per heavy atom. The Morgan fingerprint density at radius 3 is 2.64 bits per heavy atom. The van der Waals surface area contributed by atoms with Gasteiger partial charge in [0.05, 0.1) is 6.21 Å². The third kappa shape index (κ3) is 4.27. The van der Waals surface area contributed by atoms with Crippen LogP contribution in [0, 0.1) is 18.3 Å². The molecule has 3 aromatic rings. The summed E-state index contributed by atoms with van der Waals surface area (Å²) in [6.45, 7) is 1.73. The zero-order valence-corrected chi connectivity index (χ0v) is 15.7. The molecule has 6 heteroatoms. The molecule has 0 radical (unpaired) electrons. The number of nitrogens with zero attached hydrogens (tertiary/aromatic N) is 3. The lowest BCUT2D eigenvalue weighted by Crippen LogP contribution is -2.24. The van der Waals surface area contributed by atoms with E-state index in [0.717, 1.165) is 22.4 Å². The van der Waals surface area contributed by atoms with Gasteiger partial charge in [-0.05, 0) is 24.6 Å². The van der Waals surface area contributed by atoms with Crippen LogP contribution in [-0.2, 0) is 11.8 Å². The largest absolute Gasteiger partial charge is 0.483 e. The molecular weight excluding hydrogens is 352 g/mol. The maximum Gasteiger partial charge on any atom is 0.277 e. The number of aromatic nitrogens is 1. The van der Waals surface area contributed by atoms with E-state index in [2.05, 4.69) is 16.6 Å². The van der Waals surface area contributed by atoms with Crippen LogP contribution in [0.25, 0.3) is 11.1 Å². The molecule has 1 aromatic heterocycles. The summed E-state index contributed by atoms with van der Waals surface area (Å²) in [6, 6.07) is 21.2. The number of para-hydroxylation sites is 1. The number of carbonyl (C=O) groups is 1. The second-order valence-electron chi connectivity index (χ2n) is 6.19. The summed E-state index contributed by atoms with van der Waals surface area (Å²) in [5, 5.41) is 13.0. The van der Waals surface area contributed by atoms with Gasteiger partial charge in [-0.2, -0.15) is 10.4 Å². The Morgan fingerprint density at radius 2 is 1.93 bits per heavy atom. The van der Waals surface area contributed by atoms with Crippen molar-refractivity contribution in [2.24, 2.45) is 12.1 Å². The third-order valence-corrected chi connectivity index (χ3v) is 4.41. The molecule has 0 atom stereocenters. The van der Waals surface area contributed by atoms with Crippen molar-refractivity contribution in [3.05, 3.63) is 77.6 Å². The molecule has 0 aliphatic carbocycles. The fourth-order valence-corrected chi connectivity index (χ4v) is 2.76. The van der Waals surface area contributed by atoms with Crippen LogP contribution in [0.1, 0.15) is 17.0 Å². The minimum Gasteiger partial charge on any atom is -0.483 e. The van der Waals surface area contributed by atoms with Crippen LogP contribution in [0.2, 0.25) is 0 Å². The maximum absolute atomic E-state index is 12.1. The predicted octanol–water partition coefficient (Wildman–Crippen LogP) is 3.40. The van der Waals surface area contributed by atoms with Crippen molar-refractivity contribution in [2.75, 3.05) is 6.61 Å². The minimum absolute atomic E-state index is 0.154. The first-order valence-corrected chi connectivity index (χ1v) is 8.75. The number of nitriles is 1. The highest BCUT2D eigenvalue weighted by Gasteiger charge is 2.09. The fourth-order valence-electron chi connectivity index (χ4n) is 2.76. The third-order valence-electron chi connectivity index (χ3n) is 4.41. The second kappa shape index (κ2) is 8.69. The fraction of sp³-hybridized carbons (Fsp3) is 0.136. The van der Waals surface area contributed by atoms with E-state index in [0.29, 0.717) is 11.4 Å². The number of amides is 1. The van der Waals surface area contributed by atoms with Crippen molar-refractivity contribution in [3.8, 4) is 22.9 Å². The molecular formula is C22H20N4O2. The van der Waals surface area contributed by atoms with Gasteiger partial charge in [0.2, 0.25) is 0 Å². The van der Waals surface area contributed by atoms with Crippen molar-refractivity contribution < 1.29 is 9.53 Å². The summed E-state index contributed by atoms with van der Waals surface area (Å²) >= 11 is 0. The average molecular weight is 372 g/mol. The van der Waals surface area contributed by atoms with Gasteiger partial charge in [-0.25, -0.2) is 5.43 Å². The zero-order chi connectivity index (χ0) is 19.9. The van der Waals surface area contributed by atoms with Gasteiger partial charge in [0.15, 0.2) is 6.61 Å². The first kappa shape index (κ1) is 18.9. The van der Waals surface area contributed by atoms with Gasteiger partial charge in [-0.1, -0.05) is 48.5 Å². The molecule has 0 fully saturated rings. The van der Waals surface area contributed by atoms with Crippen molar-refractivity contribution in [1.82, 2.24) is 9.99 Å². The molecule has 0 bridgehead atoms. The first-order valence-electron chi connectivity index (χ1n) is 8.75. The number of hydrogen-bond donors (Lipinski definition) is 1. The number of nitrogens with one attached hydrogen (secondary N) is 1. The van der Waals surface area contributed by atoms with Gasteiger partial charge >= 0.3 is 0 Å². The van der Waals surface area contributed by atoms with E-state index in [1.165, 1.54) is 6.21 Å². The molecule has 0 aliphatic rings. The Kier molecular flexibility index (Phi) is 5.87. The Balaban J connectivity index is 1.61. The maximum atomic E-state index is 12.1.